The van der Waals surface area contributed by atoms with Gasteiger partial charge in [-0.2, -0.15) is 0 Å². The molecule has 0 aromatic rings. The molecule has 108 valence electrons. The van der Waals surface area contributed by atoms with E-state index in [2.05, 4.69) is 50.4 Å². The van der Waals surface area contributed by atoms with Gasteiger partial charge in [0.05, 0.1) is 0 Å². The summed E-state index contributed by atoms with van der Waals surface area (Å²) in [5.74, 6) is 0.911. The van der Waals surface area contributed by atoms with Crippen molar-refractivity contribution >= 4 is 9.24 Å². The number of rotatable bonds is 9. The summed E-state index contributed by atoms with van der Waals surface area (Å²) in [6, 6.07) is 0. The Labute approximate surface area is 118 Å². The maximum absolute atomic E-state index is 4.30. The van der Waals surface area contributed by atoms with Gasteiger partial charge in [-0.25, -0.2) is 0 Å². The SMILES string of the molecule is C=C(CCC(CC)CCCC)C(P)CC(C)(C)C. The highest BCUT2D eigenvalue weighted by molar-refractivity contribution is 7.18. The van der Waals surface area contributed by atoms with E-state index in [1.165, 1.54) is 50.5 Å². The summed E-state index contributed by atoms with van der Waals surface area (Å²) in [5.41, 5.74) is 2.43. The van der Waals surface area contributed by atoms with Crippen LogP contribution in [0.3, 0.4) is 0 Å². The predicted octanol–water partition coefficient (Wildman–Crippen LogP) is 6.22. The Morgan fingerprint density at radius 2 is 1.78 bits per heavy atom. The zero-order valence-corrected chi connectivity index (χ0v) is 14.5. The zero-order chi connectivity index (χ0) is 14.2. The maximum Gasteiger partial charge on any atom is -0.00533 e. The molecule has 0 aromatic heterocycles. The van der Waals surface area contributed by atoms with Crippen molar-refractivity contribution < 1.29 is 0 Å². The highest BCUT2D eigenvalue weighted by atomic mass is 31.0. The van der Waals surface area contributed by atoms with Gasteiger partial charge in [-0.05, 0) is 36.3 Å². The molecule has 0 heterocycles. The summed E-state index contributed by atoms with van der Waals surface area (Å²) in [6.07, 6.45) is 9.22. The molecule has 0 fully saturated rings. The molecule has 0 amide bonds. The molecular formula is C17H35P. The van der Waals surface area contributed by atoms with E-state index in [1.54, 1.807) is 0 Å². The highest BCUT2D eigenvalue weighted by Crippen LogP contribution is 2.31. The molecule has 0 spiro atoms. The van der Waals surface area contributed by atoms with Gasteiger partial charge in [0.1, 0.15) is 0 Å². The standard InChI is InChI=1S/C17H35P/c1-7-9-10-15(8-2)12-11-14(3)16(18)13-17(4,5)6/h15-16H,3,7-13,18H2,1-2,4-6H3. The third kappa shape index (κ3) is 9.15. The van der Waals surface area contributed by atoms with E-state index in [0.717, 1.165) is 5.92 Å². The van der Waals surface area contributed by atoms with Gasteiger partial charge in [-0.3, -0.25) is 0 Å². The van der Waals surface area contributed by atoms with Crippen molar-refractivity contribution in [3.8, 4) is 0 Å². The molecule has 0 rings (SSSR count). The van der Waals surface area contributed by atoms with E-state index in [1.807, 2.05) is 0 Å². The number of hydrogen-bond donors (Lipinski definition) is 0. The van der Waals surface area contributed by atoms with Gasteiger partial charge in [-0.15, -0.1) is 9.24 Å². The molecular weight excluding hydrogens is 235 g/mol. The molecule has 0 aliphatic carbocycles. The second-order valence-corrected chi connectivity index (χ2v) is 7.79. The topological polar surface area (TPSA) is 0 Å². The molecule has 0 radical (unpaired) electrons. The quantitative estimate of drug-likeness (QED) is 0.344. The minimum absolute atomic E-state index is 0.404. The average Bonchev–Trinajstić information content (AvgIpc) is 2.26. The van der Waals surface area contributed by atoms with Gasteiger partial charge >= 0.3 is 0 Å². The summed E-state index contributed by atoms with van der Waals surface area (Å²) in [6.45, 7) is 15.9. The smallest absolute Gasteiger partial charge is 0.00533 e. The molecule has 0 bridgehead atoms. The first kappa shape index (κ1) is 18.2. The Morgan fingerprint density at radius 1 is 1.17 bits per heavy atom. The van der Waals surface area contributed by atoms with Crippen LogP contribution in [0.25, 0.3) is 0 Å². The van der Waals surface area contributed by atoms with Crippen molar-refractivity contribution in [2.45, 2.75) is 85.2 Å². The molecule has 1 heteroatoms. The Morgan fingerprint density at radius 3 is 2.22 bits per heavy atom. The second-order valence-electron chi connectivity index (χ2n) is 6.98. The van der Waals surface area contributed by atoms with E-state index in [9.17, 15) is 0 Å². The molecule has 0 saturated heterocycles. The Bertz CT molecular complexity index is 224. The first-order chi connectivity index (χ1) is 8.30. The molecule has 0 aliphatic heterocycles. The van der Waals surface area contributed by atoms with E-state index < -0.39 is 0 Å². The summed E-state index contributed by atoms with van der Waals surface area (Å²) in [7, 11) is 3.00. The lowest BCUT2D eigenvalue weighted by Gasteiger charge is -2.25. The normalized spacial score (nSPS) is 15.4. The van der Waals surface area contributed by atoms with Crippen molar-refractivity contribution in [3.05, 3.63) is 12.2 Å². The fraction of sp³-hybridized carbons (Fsp3) is 0.882. The fourth-order valence-electron chi connectivity index (χ4n) is 2.42. The zero-order valence-electron chi connectivity index (χ0n) is 13.4. The van der Waals surface area contributed by atoms with Crippen LogP contribution >= 0.6 is 9.24 Å². The van der Waals surface area contributed by atoms with E-state index >= 15 is 0 Å². The molecule has 0 aromatic carbocycles. The molecule has 18 heavy (non-hydrogen) atoms. The molecule has 0 N–H and O–H groups in total. The van der Waals surface area contributed by atoms with Gasteiger partial charge in [0.2, 0.25) is 0 Å². The van der Waals surface area contributed by atoms with Crippen LogP contribution in [0.5, 0.6) is 0 Å². The van der Waals surface area contributed by atoms with E-state index in [-0.39, 0.29) is 0 Å². The van der Waals surface area contributed by atoms with Crippen molar-refractivity contribution in [1.82, 2.24) is 0 Å². The lowest BCUT2D eigenvalue weighted by Crippen LogP contribution is -2.15. The van der Waals surface area contributed by atoms with Crippen LogP contribution in [0.4, 0.5) is 0 Å². The Hall–Kier alpha value is 0.170. The summed E-state index contributed by atoms with van der Waals surface area (Å²) in [5, 5.41) is 0. The Balaban J connectivity index is 3.99. The number of hydrogen-bond acceptors (Lipinski definition) is 0. The largest absolute Gasteiger partial charge is 0.130 e. The summed E-state index contributed by atoms with van der Waals surface area (Å²) < 4.78 is 0. The molecule has 0 saturated carbocycles. The monoisotopic (exact) mass is 270 g/mol. The van der Waals surface area contributed by atoms with Crippen molar-refractivity contribution in [2.75, 3.05) is 0 Å². The average molecular weight is 270 g/mol. The van der Waals surface area contributed by atoms with Crippen LogP contribution < -0.4 is 0 Å². The molecule has 3 atom stereocenters. The minimum Gasteiger partial charge on any atom is -0.130 e. The predicted molar refractivity (Wildman–Crippen MR) is 89.3 cm³/mol. The lowest BCUT2D eigenvalue weighted by atomic mass is 9.86. The molecule has 0 nitrogen and oxygen atoms in total. The van der Waals surface area contributed by atoms with Gasteiger partial charge < -0.3 is 0 Å². The first-order valence-electron chi connectivity index (χ1n) is 7.73. The van der Waals surface area contributed by atoms with Gasteiger partial charge in [0.15, 0.2) is 0 Å². The number of allylic oxidation sites excluding steroid dienone is 1. The minimum atomic E-state index is 0.404. The Kier molecular flexibility index (Phi) is 9.22. The summed E-state index contributed by atoms with van der Waals surface area (Å²) >= 11 is 0. The lowest BCUT2D eigenvalue weighted by molar-refractivity contribution is 0.375. The van der Waals surface area contributed by atoms with Crippen molar-refractivity contribution in [3.63, 3.8) is 0 Å². The second kappa shape index (κ2) is 9.13. The van der Waals surface area contributed by atoms with E-state index in [0.29, 0.717) is 11.1 Å². The van der Waals surface area contributed by atoms with E-state index in [4.69, 9.17) is 0 Å². The van der Waals surface area contributed by atoms with Crippen LogP contribution in [0.1, 0.15) is 79.6 Å². The van der Waals surface area contributed by atoms with Crippen molar-refractivity contribution in [1.29, 1.82) is 0 Å². The first-order valence-corrected chi connectivity index (χ1v) is 8.40. The number of unbranched alkanes of at least 4 members (excludes halogenated alkanes) is 1. The fourth-order valence-corrected chi connectivity index (χ4v) is 3.30. The highest BCUT2D eigenvalue weighted by Gasteiger charge is 2.18. The maximum atomic E-state index is 4.30. The third-order valence-corrected chi connectivity index (χ3v) is 4.48. The van der Waals surface area contributed by atoms with Crippen LogP contribution in [0, 0.1) is 11.3 Å². The van der Waals surface area contributed by atoms with Crippen LogP contribution in [0.2, 0.25) is 0 Å². The van der Waals surface area contributed by atoms with Gasteiger partial charge in [0.25, 0.3) is 0 Å². The summed E-state index contributed by atoms with van der Waals surface area (Å²) in [4.78, 5) is 0. The van der Waals surface area contributed by atoms with Crippen LogP contribution in [-0.4, -0.2) is 5.66 Å². The van der Waals surface area contributed by atoms with Gasteiger partial charge in [0, 0.05) is 0 Å². The van der Waals surface area contributed by atoms with Crippen LogP contribution in [0.15, 0.2) is 12.2 Å². The molecule has 3 unspecified atom stereocenters. The van der Waals surface area contributed by atoms with Crippen LogP contribution in [-0.2, 0) is 0 Å². The third-order valence-electron chi connectivity index (χ3n) is 3.77. The van der Waals surface area contributed by atoms with Gasteiger partial charge in [-0.1, -0.05) is 72.5 Å². The molecule has 0 aliphatic rings. The van der Waals surface area contributed by atoms with Crippen molar-refractivity contribution in [2.24, 2.45) is 11.3 Å².